The summed E-state index contributed by atoms with van der Waals surface area (Å²) in [5.74, 6) is -0.305. The van der Waals surface area contributed by atoms with Gasteiger partial charge in [-0.05, 0) is 50.5 Å². The van der Waals surface area contributed by atoms with Gasteiger partial charge in [0.25, 0.3) is 0 Å². The van der Waals surface area contributed by atoms with Crippen LogP contribution in [0.25, 0.3) is 5.65 Å². The highest BCUT2D eigenvalue weighted by atomic mass is 19.1. The predicted octanol–water partition coefficient (Wildman–Crippen LogP) is 3.26. The van der Waals surface area contributed by atoms with Crippen molar-refractivity contribution in [1.29, 1.82) is 0 Å². The van der Waals surface area contributed by atoms with Gasteiger partial charge < -0.3 is 20.2 Å². The minimum absolute atomic E-state index is 0.289. The van der Waals surface area contributed by atoms with E-state index in [1.54, 1.807) is 28.6 Å². The molecule has 3 aromatic rings. The fourth-order valence-electron chi connectivity index (χ4n) is 4.58. The predicted molar refractivity (Wildman–Crippen MR) is 115 cm³/mol. The number of aromatic nitrogens is 3. The maximum Gasteiger partial charge on any atom is 0.322 e. The fourth-order valence-corrected chi connectivity index (χ4v) is 4.58. The molecule has 2 N–H and O–H groups in total. The number of amides is 2. The maximum atomic E-state index is 14.5. The smallest absolute Gasteiger partial charge is 0.322 e. The first-order valence-corrected chi connectivity index (χ1v) is 10.7. The molecule has 2 amide bonds. The number of urea groups is 1. The summed E-state index contributed by atoms with van der Waals surface area (Å²) in [6, 6.07) is 4.67. The van der Waals surface area contributed by atoms with Crippen molar-refractivity contribution < 1.29 is 18.7 Å². The standard InChI is InChI=1S/C22H24F2N6O2/c1-13-20(26-22(32)28-9-6-15(31)12-28)21-25-19(7-10-30(21)27-13)29-8-2-3-18(29)16-11-14(23)4-5-17(16)24/h4-5,7,10-11,15,18,31H,2-3,6,8-9,12H2,1H3,(H,26,32). The largest absolute Gasteiger partial charge is 0.391 e. The zero-order chi connectivity index (χ0) is 22.4. The van der Waals surface area contributed by atoms with E-state index in [9.17, 15) is 18.7 Å². The number of likely N-dealkylation sites (tertiary alicyclic amines) is 1. The Morgan fingerprint density at radius 2 is 2.06 bits per heavy atom. The SMILES string of the molecule is Cc1nn2ccc(N3CCCC3c3cc(F)ccc3F)nc2c1NC(=O)N1CCC(O)C1. The molecule has 168 valence electrons. The number of β-amino-alcohol motifs (C(OH)–C–C–N with tert-alkyl or cyclic N) is 1. The van der Waals surface area contributed by atoms with E-state index in [0.29, 0.717) is 54.3 Å². The topological polar surface area (TPSA) is 86.0 Å². The molecule has 4 heterocycles. The van der Waals surface area contributed by atoms with Crippen LogP contribution in [0.3, 0.4) is 0 Å². The van der Waals surface area contributed by atoms with Gasteiger partial charge in [0.05, 0.1) is 17.8 Å². The average molecular weight is 442 g/mol. The number of hydrogen-bond donors (Lipinski definition) is 2. The Kier molecular flexibility index (Phi) is 5.16. The Hall–Kier alpha value is -3.27. The Bertz CT molecular complexity index is 1180. The zero-order valence-electron chi connectivity index (χ0n) is 17.6. The molecule has 5 rings (SSSR count). The number of aryl methyl sites for hydroxylation is 1. The number of aliphatic hydroxyl groups excluding tert-OH is 1. The number of nitrogens with one attached hydrogen (secondary N) is 1. The number of aliphatic hydroxyl groups is 1. The first-order valence-electron chi connectivity index (χ1n) is 10.7. The first kappa shape index (κ1) is 20.6. The summed E-state index contributed by atoms with van der Waals surface area (Å²) >= 11 is 0. The Labute approximate surface area is 183 Å². The molecule has 0 aliphatic carbocycles. The second kappa shape index (κ2) is 8.01. The van der Waals surface area contributed by atoms with Crippen molar-refractivity contribution in [2.75, 3.05) is 29.9 Å². The normalized spacial score (nSPS) is 21.0. The van der Waals surface area contributed by atoms with Gasteiger partial charge in [0.2, 0.25) is 0 Å². The van der Waals surface area contributed by atoms with Crippen LogP contribution in [0.1, 0.15) is 36.6 Å². The fraction of sp³-hybridized carbons (Fsp3) is 0.409. The highest BCUT2D eigenvalue weighted by Gasteiger charge is 2.31. The highest BCUT2D eigenvalue weighted by molar-refractivity contribution is 5.94. The molecular formula is C22H24F2N6O2. The van der Waals surface area contributed by atoms with E-state index >= 15 is 0 Å². The third-order valence-corrected chi connectivity index (χ3v) is 6.19. The van der Waals surface area contributed by atoms with Gasteiger partial charge in [-0.3, -0.25) is 0 Å². The Morgan fingerprint density at radius 3 is 2.84 bits per heavy atom. The van der Waals surface area contributed by atoms with Crippen LogP contribution in [0.15, 0.2) is 30.5 Å². The Balaban J connectivity index is 1.47. The number of benzene rings is 1. The van der Waals surface area contributed by atoms with Crippen LogP contribution in [0.5, 0.6) is 0 Å². The number of hydrogen-bond acceptors (Lipinski definition) is 5. The summed E-state index contributed by atoms with van der Waals surface area (Å²) in [6.07, 6.45) is 3.30. The number of carbonyl (C=O) groups is 1. The van der Waals surface area contributed by atoms with Gasteiger partial charge in [-0.1, -0.05) is 0 Å². The maximum absolute atomic E-state index is 14.5. The average Bonchev–Trinajstić information content (AvgIpc) is 3.49. The van der Waals surface area contributed by atoms with Gasteiger partial charge in [-0.2, -0.15) is 5.10 Å². The summed E-state index contributed by atoms with van der Waals surface area (Å²) < 4.78 is 29.8. The lowest BCUT2D eigenvalue weighted by atomic mass is 10.0. The van der Waals surface area contributed by atoms with E-state index < -0.39 is 17.7 Å². The van der Waals surface area contributed by atoms with Crippen LogP contribution >= 0.6 is 0 Å². The van der Waals surface area contributed by atoms with Crippen LogP contribution in [-0.4, -0.2) is 56.4 Å². The quantitative estimate of drug-likeness (QED) is 0.650. The number of fused-ring (bicyclic) bond motifs is 1. The van der Waals surface area contributed by atoms with E-state index in [1.807, 2.05) is 4.90 Å². The van der Waals surface area contributed by atoms with Crippen molar-refractivity contribution in [3.63, 3.8) is 0 Å². The van der Waals surface area contributed by atoms with Gasteiger partial charge in [0.15, 0.2) is 5.65 Å². The van der Waals surface area contributed by atoms with Crippen LogP contribution in [0.4, 0.5) is 25.1 Å². The van der Waals surface area contributed by atoms with E-state index in [4.69, 9.17) is 4.98 Å². The highest BCUT2D eigenvalue weighted by Crippen LogP contribution is 2.37. The van der Waals surface area contributed by atoms with E-state index in [2.05, 4.69) is 10.4 Å². The lowest BCUT2D eigenvalue weighted by Crippen LogP contribution is -2.33. The van der Waals surface area contributed by atoms with Gasteiger partial charge in [-0.15, -0.1) is 0 Å². The zero-order valence-corrected chi connectivity index (χ0v) is 17.6. The number of rotatable bonds is 3. The molecule has 2 aliphatic heterocycles. The molecule has 2 aromatic heterocycles. The van der Waals surface area contributed by atoms with Gasteiger partial charge in [0, 0.05) is 31.4 Å². The molecule has 2 unspecified atom stereocenters. The van der Waals surface area contributed by atoms with Gasteiger partial charge in [0.1, 0.15) is 23.1 Å². The molecule has 2 aliphatic rings. The molecule has 0 radical (unpaired) electrons. The summed E-state index contributed by atoms with van der Waals surface area (Å²) in [5, 5.41) is 17.0. The van der Waals surface area contributed by atoms with Crippen molar-refractivity contribution in [2.45, 2.75) is 38.3 Å². The molecule has 32 heavy (non-hydrogen) atoms. The third kappa shape index (κ3) is 3.64. The molecule has 0 spiro atoms. The lowest BCUT2D eigenvalue weighted by molar-refractivity contribution is 0.176. The summed E-state index contributed by atoms with van der Waals surface area (Å²) in [4.78, 5) is 20.9. The first-order chi connectivity index (χ1) is 15.4. The lowest BCUT2D eigenvalue weighted by Gasteiger charge is -2.26. The monoisotopic (exact) mass is 442 g/mol. The summed E-state index contributed by atoms with van der Waals surface area (Å²) in [6.45, 7) is 3.21. The minimum Gasteiger partial charge on any atom is -0.391 e. The van der Waals surface area contributed by atoms with Crippen molar-refractivity contribution in [1.82, 2.24) is 19.5 Å². The molecule has 1 aromatic carbocycles. The third-order valence-electron chi connectivity index (χ3n) is 6.19. The van der Waals surface area contributed by atoms with E-state index in [1.165, 1.54) is 6.07 Å². The van der Waals surface area contributed by atoms with E-state index in [-0.39, 0.29) is 18.6 Å². The molecule has 2 atom stereocenters. The molecule has 0 bridgehead atoms. The molecule has 2 saturated heterocycles. The van der Waals surface area contributed by atoms with Crippen LogP contribution in [0, 0.1) is 18.6 Å². The van der Waals surface area contributed by atoms with E-state index in [0.717, 1.165) is 18.6 Å². The van der Waals surface area contributed by atoms with Gasteiger partial charge in [-0.25, -0.2) is 23.1 Å². The second-order valence-corrected chi connectivity index (χ2v) is 8.35. The number of carbonyl (C=O) groups excluding carboxylic acids is 1. The summed E-state index contributed by atoms with van der Waals surface area (Å²) in [5.41, 5.74) is 1.89. The number of halogens is 2. The Morgan fingerprint density at radius 1 is 1.22 bits per heavy atom. The molecule has 8 nitrogen and oxygen atoms in total. The van der Waals surface area contributed by atoms with Crippen LogP contribution in [-0.2, 0) is 0 Å². The summed E-state index contributed by atoms with van der Waals surface area (Å²) in [7, 11) is 0. The molecule has 0 saturated carbocycles. The minimum atomic E-state index is -0.509. The molecular weight excluding hydrogens is 418 g/mol. The number of anilines is 2. The van der Waals surface area contributed by atoms with Gasteiger partial charge >= 0.3 is 6.03 Å². The van der Waals surface area contributed by atoms with Crippen LogP contribution < -0.4 is 10.2 Å². The van der Waals surface area contributed by atoms with Crippen molar-refractivity contribution in [2.24, 2.45) is 0 Å². The molecule has 2 fully saturated rings. The van der Waals surface area contributed by atoms with Crippen LogP contribution in [0.2, 0.25) is 0 Å². The van der Waals surface area contributed by atoms with Crippen molar-refractivity contribution in [3.8, 4) is 0 Å². The molecule has 10 heteroatoms. The van der Waals surface area contributed by atoms with Crippen molar-refractivity contribution in [3.05, 3.63) is 53.4 Å². The van der Waals surface area contributed by atoms with Crippen molar-refractivity contribution >= 4 is 23.2 Å². The second-order valence-electron chi connectivity index (χ2n) is 8.35. The number of nitrogens with zero attached hydrogens (tertiary/aromatic N) is 5.